The number of aryl methyl sites for hydroxylation is 1. The van der Waals surface area contributed by atoms with Gasteiger partial charge >= 0.3 is 6.03 Å². The highest BCUT2D eigenvalue weighted by atomic mass is 35.5. The Hall–Kier alpha value is -2.93. The van der Waals surface area contributed by atoms with Gasteiger partial charge in [0.05, 0.1) is 10.7 Å². The number of imide groups is 1. The first kappa shape index (κ1) is 19.8. The third-order valence-electron chi connectivity index (χ3n) is 4.74. The summed E-state index contributed by atoms with van der Waals surface area (Å²) in [7, 11) is 0. The van der Waals surface area contributed by atoms with Crippen molar-refractivity contribution < 1.29 is 18.8 Å². The number of hydrogen-bond donors (Lipinski definition) is 2. The smallest absolute Gasteiger partial charge is 0.323 e. The van der Waals surface area contributed by atoms with Crippen molar-refractivity contribution in [2.75, 3.05) is 11.9 Å². The number of urea groups is 1. The number of rotatable bonds is 5. The molecular weight excluding hydrogens is 385 g/mol. The minimum absolute atomic E-state index is 0.255. The van der Waals surface area contributed by atoms with Crippen LogP contribution >= 0.6 is 11.6 Å². The first-order chi connectivity index (χ1) is 13.3. The van der Waals surface area contributed by atoms with Gasteiger partial charge in [0, 0.05) is 0 Å². The van der Waals surface area contributed by atoms with Crippen LogP contribution in [0.5, 0.6) is 0 Å². The molecule has 1 unspecified atom stereocenters. The maximum absolute atomic E-state index is 13.2. The van der Waals surface area contributed by atoms with Gasteiger partial charge in [-0.25, -0.2) is 9.18 Å². The highest BCUT2D eigenvalue weighted by Gasteiger charge is 2.51. The SMILES string of the molecule is CCC1(c2ccc(F)cc2)NC(=O)N(CC(=O)Nc2ccc(C)cc2Cl)C1=O. The Labute approximate surface area is 166 Å². The van der Waals surface area contributed by atoms with Gasteiger partial charge in [0.25, 0.3) is 5.91 Å². The quantitative estimate of drug-likeness (QED) is 0.749. The maximum atomic E-state index is 13.2. The van der Waals surface area contributed by atoms with E-state index in [1.165, 1.54) is 24.3 Å². The van der Waals surface area contributed by atoms with Crippen molar-refractivity contribution >= 4 is 35.1 Å². The number of nitrogens with zero attached hydrogens (tertiary/aromatic N) is 1. The van der Waals surface area contributed by atoms with E-state index in [1.807, 2.05) is 6.92 Å². The van der Waals surface area contributed by atoms with Crippen molar-refractivity contribution in [3.8, 4) is 0 Å². The van der Waals surface area contributed by atoms with Crippen LogP contribution in [0, 0.1) is 12.7 Å². The van der Waals surface area contributed by atoms with E-state index in [-0.39, 0.29) is 6.42 Å². The molecule has 1 heterocycles. The standard InChI is InChI=1S/C20H19ClFN3O3/c1-3-20(13-5-7-14(22)8-6-13)18(27)25(19(28)24-20)11-17(26)23-16-9-4-12(2)10-15(16)21/h4-10H,3,11H2,1-2H3,(H,23,26)(H,24,28). The molecule has 4 amide bonds. The summed E-state index contributed by atoms with van der Waals surface area (Å²) in [6, 6.07) is 9.80. The first-order valence-corrected chi connectivity index (χ1v) is 9.11. The van der Waals surface area contributed by atoms with Gasteiger partial charge in [-0.2, -0.15) is 0 Å². The highest BCUT2D eigenvalue weighted by Crippen LogP contribution is 2.32. The molecule has 1 fully saturated rings. The fourth-order valence-corrected chi connectivity index (χ4v) is 3.48. The molecule has 0 aliphatic carbocycles. The Morgan fingerprint density at radius 2 is 1.89 bits per heavy atom. The van der Waals surface area contributed by atoms with Gasteiger partial charge in [0.2, 0.25) is 5.91 Å². The lowest BCUT2D eigenvalue weighted by Crippen LogP contribution is -2.44. The summed E-state index contributed by atoms with van der Waals surface area (Å²) in [5.41, 5.74) is 0.458. The van der Waals surface area contributed by atoms with Crippen LogP contribution in [0.25, 0.3) is 0 Å². The number of amides is 4. The zero-order valence-corrected chi connectivity index (χ0v) is 16.1. The molecule has 28 heavy (non-hydrogen) atoms. The van der Waals surface area contributed by atoms with E-state index in [2.05, 4.69) is 10.6 Å². The summed E-state index contributed by atoms with van der Waals surface area (Å²) in [5.74, 6) is -1.56. The molecule has 146 valence electrons. The van der Waals surface area contributed by atoms with Crippen LogP contribution in [0.15, 0.2) is 42.5 Å². The van der Waals surface area contributed by atoms with Crippen LogP contribution in [-0.4, -0.2) is 29.3 Å². The van der Waals surface area contributed by atoms with Crippen LogP contribution in [0.4, 0.5) is 14.9 Å². The van der Waals surface area contributed by atoms with Crippen LogP contribution in [0.3, 0.4) is 0 Å². The van der Waals surface area contributed by atoms with Crippen molar-refractivity contribution in [2.45, 2.75) is 25.8 Å². The number of benzene rings is 2. The lowest BCUT2D eigenvalue weighted by Gasteiger charge is -2.25. The van der Waals surface area contributed by atoms with Gasteiger partial charge < -0.3 is 10.6 Å². The van der Waals surface area contributed by atoms with E-state index >= 15 is 0 Å². The lowest BCUT2D eigenvalue weighted by molar-refractivity contribution is -0.134. The fraction of sp³-hybridized carbons (Fsp3) is 0.250. The zero-order chi connectivity index (χ0) is 20.5. The van der Waals surface area contributed by atoms with Crippen LogP contribution in [0.2, 0.25) is 5.02 Å². The Bertz CT molecular complexity index is 948. The monoisotopic (exact) mass is 403 g/mol. The minimum atomic E-state index is -1.33. The number of hydrogen-bond acceptors (Lipinski definition) is 3. The fourth-order valence-electron chi connectivity index (χ4n) is 3.20. The second kappa shape index (κ2) is 7.59. The Kier molecular flexibility index (Phi) is 5.38. The number of anilines is 1. The first-order valence-electron chi connectivity index (χ1n) is 8.73. The Morgan fingerprint density at radius 3 is 2.50 bits per heavy atom. The predicted molar refractivity (Wildman–Crippen MR) is 103 cm³/mol. The number of carbonyl (C=O) groups excluding carboxylic acids is 3. The van der Waals surface area contributed by atoms with Crippen LogP contribution < -0.4 is 10.6 Å². The highest BCUT2D eigenvalue weighted by molar-refractivity contribution is 6.33. The molecule has 2 aromatic rings. The Morgan fingerprint density at radius 1 is 1.21 bits per heavy atom. The summed E-state index contributed by atoms with van der Waals surface area (Å²) in [4.78, 5) is 38.6. The number of halogens is 2. The molecule has 2 aromatic carbocycles. The molecule has 1 aliphatic heterocycles. The average Bonchev–Trinajstić information content (AvgIpc) is 2.90. The Balaban J connectivity index is 1.79. The second-order valence-electron chi connectivity index (χ2n) is 6.62. The molecule has 0 radical (unpaired) electrons. The van der Waals surface area contributed by atoms with Crippen molar-refractivity contribution in [1.82, 2.24) is 10.2 Å². The summed E-state index contributed by atoms with van der Waals surface area (Å²) >= 11 is 6.10. The summed E-state index contributed by atoms with van der Waals surface area (Å²) in [5, 5.41) is 5.61. The third-order valence-corrected chi connectivity index (χ3v) is 5.06. The molecule has 0 spiro atoms. The minimum Gasteiger partial charge on any atom is -0.323 e. The summed E-state index contributed by atoms with van der Waals surface area (Å²) in [6.07, 6.45) is 0.255. The molecule has 0 aromatic heterocycles. The maximum Gasteiger partial charge on any atom is 0.325 e. The third kappa shape index (κ3) is 3.57. The molecule has 1 aliphatic rings. The van der Waals surface area contributed by atoms with Gasteiger partial charge in [-0.15, -0.1) is 0 Å². The van der Waals surface area contributed by atoms with E-state index in [0.29, 0.717) is 16.3 Å². The van der Waals surface area contributed by atoms with Crippen molar-refractivity contribution in [2.24, 2.45) is 0 Å². The summed E-state index contributed by atoms with van der Waals surface area (Å²) in [6.45, 7) is 3.14. The van der Waals surface area contributed by atoms with Crippen molar-refractivity contribution in [3.63, 3.8) is 0 Å². The lowest BCUT2D eigenvalue weighted by atomic mass is 9.87. The van der Waals surface area contributed by atoms with E-state index in [0.717, 1.165) is 10.5 Å². The van der Waals surface area contributed by atoms with E-state index in [4.69, 9.17) is 11.6 Å². The number of nitrogens with one attached hydrogen (secondary N) is 2. The molecular formula is C20H19ClFN3O3. The largest absolute Gasteiger partial charge is 0.325 e. The van der Waals surface area contributed by atoms with Crippen LogP contribution in [0.1, 0.15) is 24.5 Å². The molecule has 2 N–H and O–H groups in total. The average molecular weight is 404 g/mol. The number of carbonyl (C=O) groups is 3. The van der Waals surface area contributed by atoms with Gasteiger partial charge in [-0.3, -0.25) is 14.5 Å². The summed E-state index contributed by atoms with van der Waals surface area (Å²) < 4.78 is 13.2. The zero-order valence-electron chi connectivity index (χ0n) is 15.4. The van der Waals surface area contributed by atoms with E-state index in [1.54, 1.807) is 25.1 Å². The molecule has 8 heteroatoms. The second-order valence-corrected chi connectivity index (χ2v) is 7.03. The topological polar surface area (TPSA) is 78.5 Å². The van der Waals surface area contributed by atoms with E-state index < -0.39 is 35.7 Å². The molecule has 0 saturated carbocycles. The molecule has 0 bridgehead atoms. The predicted octanol–water partition coefficient (Wildman–Crippen LogP) is 3.58. The molecule has 1 saturated heterocycles. The van der Waals surface area contributed by atoms with Crippen LogP contribution in [-0.2, 0) is 15.1 Å². The van der Waals surface area contributed by atoms with Crippen molar-refractivity contribution in [3.05, 3.63) is 64.4 Å². The van der Waals surface area contributed by atoms with E-state index in [9.17, 15) is 18.8 Å². The van der Waals surface area contributed by atoms with Crippen molar-refractivity contribution in [1.29, 1.82) is 0 Å². The van der Waals surface area contributed by atoms with Gasteiger partial charge in [0.15, 0.2) is 0 Å². The van der Waals surface area contributed by atoms with Gasteiger partial charge in [-0.05, 0) is 48.7 Å². The normalized spacial score (nSPS) is 18.9. The molecule has 1 atom stereocenters. The molecule has 3 rings (SSSR count). The van der Waals surface area contributed by atoms with Gasteiger partial charge in [-0.1, -0.05) is 36.7 Å². The molecule has 6 nitrogen and oxygen atoms in total. The van der Waals surface area contributed by atoms with Gasteiger partial charge in [0.1, 0.15) is 17.9 Å².